The van der Waals surface area contributed by atoms with Gasteiger partial charge in [-0.05, 0) is 31.9 Å². The molecule has 6 heteroatoms. The number of aliphatic hydroxyl groups is 1. The maximum atomic E-state index is 12.5. The predicted molar refractivity (Wildman–Crippen MR) is 78.8 cm³/mol. The molecule has 0 radical (unpaired) electrons. The molecule has 0 spiro atoms. The third-order valence-electron chi connectivity index (χ3n) is 3.47. The average Bonchev–Trinajstić information content (AvgIpc) is 3.01. The third-order valence-corrected chi connectivity index (χ3v) is 3.47. The highest BCUT2D eigenvalue weighted by molar-refractivity contribution is 5.95. The van der Waals surface area contributed by atoms with Gasteiger partial charge in [-0.1, -0.05) is 13.8 Å². The van der Waals surface area contributed by atoms with Crippen LogP contribution in [0.25, 0.3) is 0 Å². The van der Waals surface area contributed by atoms with Crippen molar-refractivity contribution in [2.24, 2.45) is 0 Å². The number of amides is 2. The lowest BCUT2D eigenvalue weighted by atomic mass is 10.1. The van der Waals surface area contributed by atoms with Crippen molar-refractivity contribution < 1.29 is 19.1 Å². The Bertz CT molecular complexity index is 441. The summed E-state index contributed by atoms with van der Waals surface area (Å²) in [4.78, 5) is 26.0. The summed E-state index contributed by atoms with van der Waals surface area (Å²) < 4.78 is 5.00. The molecule has 0 fully saturated rings. The van der Waals surface area contributed by atoms with Gasteiger partial charge in [0.1, 0.15) is 6.04 Å². The van der Waals surface area contributed by atoms with Gasteiger partial charge in [-0.2, -0.15) is 0 Å². The predicted octanol–water partition coefficient (Wildman–Crippen LogP) is 1.41. The molecule has 0 aliphatic heterocycles. The highest BCUT2D eigenvalue weighted by Crippen LogP contribution is 2.10. The topological polar surface area (TPSA) is 82.8 Å². The van der Waals surface area contributed by atoms with Gasteiger partial charge in [-0.25, -0.2) is 0 Å². The minimum Gasteiger partial charge on any atom is -0.459 e. The van der Waals surface area contributed by atoms with Crippen molar-refractivity contribution in [3.05, 3.63) is 24.2 Å². The summed E-state index contributed by atoms with van der Waals surface area (Å²) in [5, 5.41) is 11.8. The fraction of sp³-hybridized carbons (Fsp3) is 0.600. The Labute approximate surface area is 125 Å². The molecule has 1 heterocycles. The summed E-state index contributed by atoms with van der Waals surface area (Å²) in [6, 6.07) is 2.55. The zero-order chi connectivity index (χ0) is 15.8. The first-order valence-electron chi connectivity index (χ1n) is 7.30. The Morgan fingerprint density at radius 1 is 1.38 bits per heavy atom. The van der Waals surface area contributed by atoms with Gasteiger partial charge >= 0.3 is 0 Å². The minimum absolute atomic E-state index is 0.0626. The number of hydrogen-bond donors (Lipinski definition) is 2. The SMILES string of the molecule is CCC(CC)N(CCO)C(=O)C(C)NC(=O)c1ccco1. The van der Waals surface area contributed by atoms with Gasteiger partial charge in [0.2, 0.25) is 5.91 Å². The van der Waals surface area contributed by atoms with Crippen LogP contribution in [0.4, 0.5) is 0 Å². The van der Waals surface area contributed by atoms with E-state index in [0.29, 0.717) is 0 Å². The molecule has 21 heavy (non-hydrogen) atoms. The zero-order valence-electron chi connectivity index (χ0n) is 12.8. The van der Waals surface area contributed by atoms with E-state index >= 15 is 0 Å². The van der Waals surface area contributed by atoms with Gasteiger partial charge in [0, 0.05) is 12.6 Å². The van der Waals surface area contributed by atoms with Gasteiger partial charge in [0.25, 0.3) is 5.91 Å². The van der Waals surface area contributed by atoms with E-state index in [4.69, 9.17) is 9.52 Å². The van der Waals surface area contributed by atoms with Crippen LogP contribution in [0.2, 0.25) is 0 Å². The van der Waals surface area contributed by atoms with Crippen LogP contribution in [0.1, 0.15) is 44.2 Å². The molecule has 0 aliphatic rings. The first kappa shape index (κ1) is 17.2. The van der Waals surface area contributed by atoms with Gasteiger partial charge in [0.05, 0.1) is 12.9 Å². The molecule has 1 aromatic heterocycles. The van der Waals surface area contributed by atoms with Crippen LogP contribution in [0.15, 0.2) is 22.8 Å². The van der Waals surface area contributed by atoms with Crippen molar-refractivity contribution in [2.75, 3.05) is 13.2 Å². The minimum atomic E-state index is -0.672. The van der Waals surface area contributed by atoms with Gasteiger partial charge in [0.15, 0.2) is 5.76 Å². The van der Waals surface area contributed by atoms with E-state index in [-0.39, 0.29) is 30.9 Å². The van der Waals surface area contributed by atoms with Crippen molar-refractivity contribution >= 4 is 11.8 Å². The molecule has 1 atom stereocenters. The molecule has 1 unspecified atom stereocenters. The molecular formula is C15H24N2O4. The molecule has 0 saturated carbocycles. The van der Waals surface area contributed by atoms with Crippen LogP contribution in [0.3, 0.4) is 0 Å². The highest BCUT2D eigenvalue weighted by Gasteiger charge is 2.26. The Morgan fingerprint density at radius 2 is 2.05 bits per heavy atom. The van der Waals surface area contributed by atoms with E-state index in [1.54, 1.807) is 24.0 Å². The van der Waals surface area contributed by atoms with E-state index in [1.807, 2.05) is 13.8 Å². The number of nitrogens with one attached hydrogen (secondary N) is 1. The molecule has 1 rings (SSSR count). The van der Waals surface area contributed by atoms with E-state index in [1.165, 1.54) is 6.26 Å². The summed E-state index contributed by atoms with van der Waals surface area (Å²) in [6.07, 6.45) is 3.02. The van der Waals surface area contributed by atoms with Gasteiger partial charge in [-0.15, -0.1) is 0 Å². The Hall–Kier alpha value is -1.82. The van der Waals surface area contributed by atoms with Crippen LogP contribution < -0.4 is 5.32 Å². The highest BCUT2D eigenvalue weighted by atomic mass is 16.3. The van der Waals surface area contributed by atoms with E-state index in [0.717, 1.165) is 12.8 Å². The van der Waals surface area contributed by atoms with Crippen LogP contribution in [0.5, 0.6) is 0 Å². The molecule has 0 bridgehead atoms. The third kappa shape index (κ3) is 4.60. The van der Waals surface area contributed by atoms with E-state index in [2.05, 4.69) is 5.32 Å². The number of nitrogens with zero attached hydrogens (tertiary/aromatic N) is 1. The summed E-state index contributed by atoms with van der Waals surface area (Å²) in [5.74, 6) is -0.446. The van der Waals surface area contributed by atoms with Crippen LogP contribution in [-0.2, 0) is 4.79 Å². The molecule has 0 saturated heterocycles. The summed E-state index contributed by atoms with van der Waals surface area (Å²) in [6.45, 7) is 5.80. The molecule has 1 aromatic rings. The molecular weight excluding hydrogens is 272 g/mol. The molecule has 118 valence electrons. The van der Waals surface area contributed by atoms with Crippen LogP contribution >= 0.6 is 0 Å². The molecule has 0 aromatic carbocycles. The second kappa shape index (κ2) is 8.46. The van der Waals surface area contributed by atoms with Crippen molar-refractivity contribution in [1.82, 2.24) is 10.2 Å². The largest absolute Gasteiger partial charge is 0.459 e. The maximum Gasteiger partial charge on any atom is 0.287 e. The van der Waals surface area contributed by atoms with Crippen LogP contribution in [0, 0.1) is 0 Å². The smallest absolute Gasteiger partial charge is 0.287 e. The van der Waals surface area contributed by atoms with Gasteiger partial charge in [-0.3, -0.25) is 9.59 Å². The Balaban J connectivity index is 2.71. The number of hydrogen-bond acceptors (Lipinski definition) is 4. The quantitative estimate of drug-likeness (QED) is 0.760. The van der Waals surface area contributed by atoms with Crippen molar-refractivity contribution in [3.8, 4) is 0 Å². The summed E-state index contributed by atoms with van der Waals surface area (Å²) in [5.41, 5.74) is 0. The molecule has 2 N–H and O–H groups in total. The lowest BCUT2D eigenvalue weighted by molar-refractivity contribution is -0.136. The summed E-state index contributed by atoms with van der Waals surface area (Å²) in [7, 11) is 0. The van der Waals surface area contributed by atoms with Crippen molar-refractivity contribution in [1.29, 1.82) is 0 Å². The molecule has 6 nitrogen and oxygen atoms in total. The Kier molecular flexibility index (Phi) is 6.94. The standard InChI is InChI=1S/C15H24N2O4/c1-4-12(5-2)17(8-9-18)15(20)11(3)16-14(19)13-7-6-10-21-13/h6-7,10-12,18H,4-5,8-9H2,1-3H3,(H,16,19). The fourth-order valence-electron chi connectivity index (χ4n) is 2.30. The van der Waals surface area contributed by atoms with Crippen molar-refractivity contribution in [2.45, 2.75) is 45.7 Å². The zero-order valence-corrected chi connectivity index (χ0v) is 12.8. The Morgan fingerprint density at radius 3 is 2.52 bits per heavy atom. The van der Waals surface area contributed by atoms with Crippen LogP contribution in [-0.4, -0.2) is 47.1 Å². The second-order valence-electron chi connectivity index (χ2n) is 4.90. The first-order chi connectivity index (χ1) is 10.0. The number of carbonyl (C=O) groups excluding carboxylic acids is 2. The lowest BCUT2D eigenvalue weighted by Crippen LogP contribution is -2.51. The lowest BCUT2D eigenvalue weighted by Gasteiger charge is -2.32. The molecule has 2 amide bonds. The molecule has 0 aliphatic carbocycles. The maximum absolute atomic E-state index is 12.5. The number of furan rings is 1. The number of aliphatic hydroxyl groups excluding tert-OH is 1. The van der Waals surface area contributed by atoms with Crippen molar-refractivity contribution in [3.63, 3.8) is 0 Å². The average molecular weight is 296 g/mol. The number of rotatable bonds is 8. The first-order valence-corrected chi connectivity index (χ1v) is 7.30. The van der Waals surface area contributed by atoms with Gasteiger partial charge < -0.3 is 19.7 Å². The fourth-order valence-corrected chi connectivity index (χ4v) is 2.30. The second-order valence-corrected chi connectivity index (χ2v) is 4.90. The van der Waals surface area contributed by atoms with E-state index < -0.39 is 11.9 Å². The monoisotopic (exact) mass is 296 g/mol. The number of carbonyl (C=O) groups is 2. The van der Waals surface area contributed by atoms with E-state index in [9.17, 15) is 9.59 Å². The summed E-state index contributed by atoms with van der Waals surface area (Å²) >= 11 is 0. The normalized spacial score (nSPS) is 12.2.